The fourth-order valence-electron chi connectivity index (χ4n) is 2.88. The fourth-order valence-corrected chi connectivity index (χ4v) is 3.69. The third kappa shape index (κ3) is 3.25. The zero-order valence-electron chi connectivity index (χ0n) is 15.2. The first-order valence-corrected chi connectivity index (χ1v) is 9.34. The van der Waals surface area contributed by atoms with Crippen molar-refractivity contribution in [1.82, 2.24) is 14.8 Å². The maximum atomic E-state index is 11.3. The summed E-state index contributed by atoms with van der Waals surface area (Å²) >= 11 is 1.46. The van der Waals surface area contributed by atoms with Crippen LogP contribution in [0.1, 0.15) is 5.56 Å². The summed E-state index contributed by atoms with van der Waals surface area (Å²) < 4.78 is 6.77. The maximum absolute atomic E-state index is 11.3. The van der Waals surface area contributed by atoms with E-state index < -0.39 is 4.92 Å². The molecule has 0 spiro atoms. The molecule has 2 aromatic carbocycles. The molecule has 0 radical (unpaired) electrons. The minimum absolute atomic E-state index is 0.0905. The molecule has 0 fully saturated rings. The number of nitro groups is 1. The number of rotatable bonds is 5. The normalized spacial score (nSPS) is 10.8. The highest BCUT2D eigenvalue weighted by atomic mass is 32.1. The SMILES string of the molecule is COc1ccc(-c2ccnn2-c2nc(-c3ccc(C)cc3)cs2)cc1[N+](=O)[O-]. The Kier molecular flexibility index (Phi) is 4.62. The van der Waals surface area contributed by atoms with Crippen molar-refractivity contribution in [2.45, 2.75) is 6.92 Å². The van der Waals surface area contributed by atoms with E-state index in [0.29, 0.717) is 10.7 Å². The van der Waals surface area contributed by atoms with Crippen LogP contribution in [0.15, 0.2) is 60.1 Å². The lowest BCUT2D eigenvalue weighted by Gasteiger charge is -2.06. The smallest absolute Gasteiger partial charge is 0.311 e. The maximum Gasteiger partial charge on any atom is 0.311 e. The van der Waals surface area contributed by atoms with Crippen molar-refractivity contribution in [3.05, 3.63) is 75.8 Å². The zero-order chi connectivity index (χ0) is 19.7. The van der Waals surface area contributed by atoms with Gasteiger partial charge < -0.3 is 4.74 Å². The summed E-state index contributed by atoms with van der Waals surface area (Å²) in [5, 5.41) is 18.4. The lowest BCUT2D eigenvalue weighted by molar-refractivity contribution is -0.385. The largest absolute Gasteiger partial charge is 0.490 e. The van der Waals surface area contributed by atoms with Crippen LogP contribution in [0.2, 0.25) is 0 Å². The first-order chi connectivity index (χ1) is 13.6. The molecular weight excluding hydrogens is 376 g/mol. The van der Waals surface area contributed by atoms with Gasteiger partial charge in [-0.05, 0) is 25.1 Å². The summed E-state index contributed by atoms with van der Waals surface area (Å²) in [5.74, 6) is 0.218. The van der Waals surface area contributed by atoms with Gasteiger partial charge in [0.1, 0.15) is 0 Å². The van der Waals surface area contributed by atoms with Crippen molar-refractivity contribution in [3.8, 4) is 33.4 Å². The molecule has 0 aliphatic rings. The van der Waals surface area contributed by atoms with E-state index in [1.807, 2.05) is 36.6 Å². The Labute approximate surface area is 165 Å². The number of nitro benzene ring substituents is 1. The second-order valence-corrected chi connectivity index (χ2v) is 6.99. The van der Waals surface area contributed by atoms with Crippen molar-refractivity contribution in [2.75, 3.05) is 7.11 Å². The zero-order valence-corrected chi connectivity index (χ0v) is 16.0. The Balaban J connectivity index is 1.74. The summed E-state index contributed by atoms with van der Waals surface area (Å²) in [5.41, 5.74) is 4.37. The quantitative estimate of drug-likeness (QED) is 0.357. The molecule has 8 heteroatoms. The molecule has 7 nitrogen and oxygen atoms in total. The number of hydrogen-bond acceptors (Lipinski definition) is 6. The molecule has 0 atom stereocenters. The Morgan fingerprint density at radius 2 is 1.86 bits per heavy atom. The molecule has 0 saturated carbocycles. The molecule has 0 N–H and O–H groups in total. The average molecular weight is 392 g/mol. The summed E-state index contributed by atoms with van der Waals surface area (Å²) in [7, 11) is 1.41. The molecule has 28 heavy (non-hydrogen) atoms. The first-order valence-electron chi connectivity index (χ1n) is 8.46. The van der Waals surface area contributed by atoms with Crippen LogP contribution < -0.4 is 4.74 Å². The van der Waals surface area contributed by atoms with Crippen molar-refractivity contribution in [1.29, 1.82) is 0 Å². The number of ether oxygens (including phenoxy) is 1. The van der Waals surface area contributed by atoms with Crippen LogP contribution >= 0.6 is 11.3 Å². The van der Waals surface area contributed by atoms with Gasteiger partial charge in [0, 0.05) is 22.6 Å². The topological polar surface area (TPSA) is 83.1 Å². The van der Waals surface area contributed by atoms with Crippen molar-refractivity contribution < 1.29 is 9.66 Å². The number of thiazole rings is 1. The van der Waals surface area contributed by atoms with Crippen LogP contribution in [0.5, 0.6) is 5.75 Å². The van der Waals surface area contributed by atoms with E-state index in [9.17, 15) is 10.1 Å². The molecule has 0 aliphatic carbocycles. The Morgan fingerprint density at radius 1 is 1.11 bits per heavy atom. The predicted octanol–water partition coefficient (Wildman–Crippen LogP) is 4.89. The highest BCUT2D eigenvalue weighted by Crippen LogP contribution is 2.33. The summed E-state index contributed by atoms with van der Waals surface area (Å²) in [6.07, 6.45) is 1.65. The lowest BCUT2D eigenvalue weighted by Crippen LogP contribution is -1.99. The van der Waals surface area contributed by atoms with E-state index in [2.05, 4.69) is 5.10 Å². The molecule has 0 unspecified atom stereocenters. The van der Waals surface area contributed by atoms with Crippen molar-refractivity contribution in [2.24, 2.45) is 0 Å². The van der Waals surface area contributed by atoms with Crippen LogP contribution in [0.25, 0.3) is 27.6 Å². The molecule has 0 bridgehead atoms. The molecule has 2 heterocycles. The van der Waals surface area contributed by atoms with Gasteiger partial charge in [0.05, 0.1) is 29.6 Å². The third-order valence-corrected chi connectivity index (χ3v) is 5.15. The van der Waals surface area contributed by atoms with Crippen molar-refractivity contribution >= 4 is 17.0 Å². The van der Waals surface area contributed by atoms with Crippen LogP contribution in [-0.2, 0) is 0 Å². The minimum atomic E-state index is -0.456. The van der Waals surface area contributed by atoms with E-state index in [1.165, 1.54) is 30.1 Å². The second kappa shape index (κ2) is 7.24. The van der Waals surface area contributed by atoms with Gasteiger partial charge >= 0.3 is 5.69 Å². The number of hydrogen-bond donors (Lipinski definition) is 0. The van der Waals surface area contributed by atoms with Gasteiger partial charge in [-0.1, -0.05) is 29.8 Å². The molecule has 140 valence electrons. The number of aromatic nitrogens is 3. The van der Waals surface area contributed by atoms with E-state index in [0.717, 1.165) is 17.0 Å². The molecular formula is C20H16N4O3S. The summed E-state index contributed by atoms with van der Waals surface area (Å²) in [6, 6.07) is 14.8. The summed E-state index contributed by atoms with van der Waals surface area (Å²) in [4.78, 5) is 15.6. The fraction of sp³-hybridized carbons (Fsp3) is 0.100. The molecule has 0 aliphatic heterocycles. The lowest BCUT2D eigenvalue weighted by atomic mass is 10.1. The molecule has 0 saturated heterocycles. The highest BCUT2D eigenvalue weighted by molar-refractivity contribution is 7.12. The van der Waals surface area contributed by atoms with Crippen LogP contribution in [0.4, 0.5) is 5.69 Å². The van der Waals surface area contributed by atoms with Crippen molar-refractivity contribution in [3.63, 3.8) is 0 Å². The molecule has 0 amide bonds. The molecule has 4 rings (SSSR count). The number of benzene rings is 2. The van der Waals surface area contributed by atoms with Gasteiger partial charge in [0.2, 0.25) is 5.13 Å². The summed E-state index contributed by atoms with van der Waals surface area (Å²) in [6.45, 7) is 2.04. The van der Waals surface area contributed by atoms with E-state index in [4.69, 9.17) is 9.72 Å². The van der Waals surface area contributed by atoms with E-state index in [-0.39, 0.29) is 11.4 Å². The van der Waals surface area contributed by atoms with E-state index in [1.54, 1.807) is 29.1 Å². The van der Waals surface area contributed by atoms with Crippen LogP contribution in [0.3, 0.4) is 0 Å². The highest BCUT2D eigenvalue weighted by Gasteiger charge is 2.19. The van der Waals surface area contributed by atoms with Crippen LogP contribution in [-0.4, -0.2) is 26.8 Å². The first kappa shape index (κ1) is 17.9. The van der Waals surface area contributed by atoms with Gasteiger partial charge in [-0.3, -0.25) is 10.1 Å². The Morgan fingerprint density at radius 3 is 2.57 bits per heavy atom. The number of aryl methyl sites for hydroxylation is 1. The average Bonchev–Trinajstić information content (AvgIpc) is 3.37. The van der Waals surface area contributed by atoms with Gasteiger partial charge in [-0.25, -0.2) is 9.67 Å². The molecule has 4 aromatic rings. The van der Waals surface area contributed by atoms with Gasteiger partial charge in [-0.2, -0.15) is 5.10 Å². The van der Waals surface area contributed by atoms with Gasteiger partial charge in [0.15, 0.2) is 5.75 Å². The molecule has 2 aromatic heterocycles. The van der Waals surface area contributed by atoms with Gasteiger partial charge in [0.25, 0.3) is 0 Å². The Bertz CT molecular complexity index is 1150. The predicted molar refractivity (Wildman–Crippen MR) is 108 cm³/mol. The monoisotopic (exact) mass is 392 g/mol. The number of nitrogens with zero attached hydrogens (tertiary/aromatic N) is 4. The minimum Gasteiger partial charge on any atom is -0.490 e. The second-order valence-electron chi connectivity index (χ2n) is 6.15. The standard InChI is InChI=1S/C20H16N4O3S/c1-13-3-5-14(6-4-13)16-12-28-20(22-16)23-17(9-10-21-23)15-7-8-19(27-2)18(11-15)24(25)26/h3-12H,1-2H3. The third-order valence-electron chi connectivity index (χ3n) is 4.33. The van der Waals surface area contributed by atoms with Gasteiger partial charge in [-0.15, -0.1) is 11.3 Å². The number of methoxy groups -OCH3 is 1. The Hall–Kier alpha value is -3.52. The van der Waals surface area contributed by atoms with Crippen LogP contribution in [0, 0.1) is 17.0 Å². The van der Waals surface area contributed by atoms with E-state index >= 15 is 0 Å².